The van der Waals surface area contributed by atoms with Gasteiger partial charge in [0.2, 0.25) is 5.91 Å². The Hall–Kier alpha value is -3.17. The third kappa shape index (κ3) is 4.87. The van der Waals surface area contributed by atoms with Gasteiger partial charge in [0.05, 0.1) is 6.54 Å². The average Bonchev–Trinajstić information content (AvgIpc) is 3.13. The Bertz CT molecular complexity index is 1030. The third-order valence-electron chi connectivity index (χ3n) is 4.76. The van der Waals surface area contributed by atoms with Crippen molar-refractivity contribution in [3.05, 3.63) is 53.1 Å². The number of aromatic nitrogens is 4. The number of nitrogens with zero attached hydrogens (tertiary/aromatic N) is 5. The van der Waals surface area contributed by atoms with Gasteiger partial charge in [0.15, 0.2) is 0 Å². The summed E-state index contributed by atoms with van der Waals surface area (Å²) in [7, 11) is 1.69. The lowest BCUT2D eigenvalue weighted by atomic mass is 10.1. The van der Waals surface area contributed by atoms with Crippen LogP contribution in [-0.4, -0.2) is 50.6 Å². The zero-order chi connectivity index (χ0) is 21.9. The van der Waals surface area contributed by atoms with Crippen molar-refractivity contribution in [1.82, 2.24) is 24.5 Å². The van der Waals surface area contributed by atoms with E-state index < -0.39 is 12.0 Å². The lowest BCUT2D eigenvalue weighted by molar-refractivity contribution is -0.144. The van der Waals surface area contributed by atoms with Gasteiger partial charge in [-0.25, -0.2) is 9.50 Å². The molecule has 2 aromatic heterocycles. The number of hydrogen-bond acceptors (Lipinski definition) is 5. The monoisotopic (exact) mass is 421 g/mol. The van der Waals surface area contributed by atoms with Crippen LogP contribution in [0.3, 0.4) is 0 Å². The van der Waals surface area contributed by atoms with Crippen LogP contribution in [0.2, 0.25) is 0 Å². The van der Waals surface area contributed by atoms with Crippen molar-refractivity contribution in [2.75, 3.05) is 20.2 Å². The van der Waals surface area contributed by atoms with Crippen molar-refractivity contribution in [3.63, 3.8) is 0 Å². The molecule has 0 aliphatic heterocycles. The molecule has 0 fully saturated rings. The molecular formula is C20H22F3N5O2. The molecule has 0 spiro atoms. The summed E-state index contributed by atoms with van der Waals surface area (Å²) >= 11 is 0. The number of hydrogen-bond donors (Lipinski definition) is 0. The first-order valence-corrected chi connectivity index (χ1v) is 9.38. The first kappa shape index (κ1) is 21.5. The highest BCUT2D eigenvalue weighted by Crippen LogP contribution is 2.27. The maximum Gasteiger partial charge on any atom is 0.453 e. The van der Waals surface area contributed by atoms with Gasteiger partial charge in [-0.15, -0.1) is 5.10 Å². The van der Waals surface area contributed by atoms with E-state index in [0.717, 1.165) is 10.3 Å². The Morgan fingerprint density at radius 3 is 2.53 bits per heavy atom. The standard InChI is InChI=1S/C20H22F3N5O2/c1-13-16(14(2)28-19(24-13)25-18(26-28)20(21,22)23)9-10-17(29)27(3)11-12-30-15-7-5-4-6-8-15/h4-8H,9-12H2,1-3H3. The molecule has 10 heteroatoms. The maximum atomic E-state index is 12.9. The van der Waals surface area contributed by atoms with Crippen LogP contribution in [0.1, 0.15) is 29.2 Å². The fourth-order valence-corrected chi connectivity index (χ4v) is 3.05. The van der Waals surface area contributed by atoms with E-state index in [-0.39, 0.29) is 18.1 Å². The number of ether oxygens (including phenoxy) is 1. The zero-order valence-corrected chi connectivity index (χ0v) is 16.9. The first-order chi connectivity index (χ1) is 14.2. The van der Waals surface area contributed by atoms with Gasteiger partial charge in [-0.1, -0.05) is 18.2 Å². The molecule has 3 aromatic rings. The van der Waals surface area contributed by atoms with Crippen molar-refractivity contribution in [3.8, 4) is 5.75 Å². The van der Waals surface area contributed by atoms with Crippen LogP contribution in [0.5, 0.6) is 5.75 Å². The second-order valence-corrected chi connectivity index (χ2v) is 6.88. The summed E-state index contributed by atoms with van der Waals surface area (Å²) < 4.78 is 45.3. The average molecular weight is 421 g/mol. The van der Waals surface area contributed by atoms with Crippen molar-refractivity contribution >= 4 is 11.7 Å². The van der Waals surface area contributed by atoms with Crippen LogP contribution < -0.4 is 4.74 Å². The molecule has 0 aliphatic rings. The molecule has 0 radical (unpaired) electrons. The van der Waals surface area contributed by atoms with E-state index in [2.05, 4.69) is 15.1 Å². The molecule has 7 nitrogen and oxygen atoms in total. The smallest absolute Gasteiger partial charge is 0.453 e. The highest BCUT2D eigenvalue weighted by Gasteiger charge is 2.37. The summed E-state index contributed by atoms with van der Waals surface area (Å²) in [5.41, 5.74) is 1.70. The van der Waals surface area contributed by atoms with Crippen LogP contribution in [0.15, 0.2) is 30.3 Å². The Labute approximate surface area is 171 Å². The Balaban J connectivity index is 1.62. The number of fused-ring (bicyclic) bond motifs is 1. The largest absolute Gasteiger partial charge is 0.492 e. The first-order valence-electron chi connectivity index (χ1n) is 9.38. The minimum absolute atomic E-state index is 0.0971. The number of amides is 1. The van der Waals surface area contributed by atoms with Gasteiger partial charge in [0, 0.05) is 24.9 Å². The zero-order valence-electron chi connectivity index (χ0n) is 16.9. The van der Waals surface area contributed by atoms with Gasteiger partial charge < -0.3 is 9.64 Å². The number of carbonyl (C=O) groups excluding carboxylic acids is 1. The second kappa shape index (κ2) is 8.68. The van der Waals surface area contributed by atoms with E-state index in [0.29, 0.717) is 36.5 Å². The van der Waals surface area contributed by atoms with E-state index >= 15 is 0 Å². The lowest BCUT2D eigenvalue weighted by Crippen LogP contribution is -2.31. The maximum absolute atomic E-state index is 12.9. The van der Waals surface area contributed by atoms with Gasteiger partial charge in [0.25, 0.3) is 11.6 Å². The summed E-state index contributed by atoms with van der Waals surface area (Å²) in [6.45, 7) is 4.11. The highest BCUT2D eigenvalue weighted by atomic mass is 19.4. The summed E-state index contributed by atoms with van der Waals surface area (Å²) in [6, 6.07) is 9.30. The molecule has 0 saturated heterocycles. The van der Waals surface area contributed by atoms with Crippen LogP contribution in [0.25, 0.3) is 5.78 Å². The Kier molecular flexibility index (Phi) is 6.23. The lowest BCUT2D eigenvalue weighted by Gasteiger charge is -2.18. The topological polar surface area (TPSA) is 72.6 Å². The fraction of sp³-hybridized carbons (Fsp3) is 0.400. The molecule has 160 valence electrons. The van der Waals surface area contributed by atoms with E-state index in [1.165, 1.54) is 0 Å². The van der Waals surface area contributed by atoms with Gasteiger partial charge in [-0.2, -0.15) is 18.2 Å². The SMILES string of the molecule is Cc1nc2nc(C(F)(F)F)nn2c(C)c1CCC(=O)N(C)CCOc1ccccc1. The van der Waals surface area contributed by atoms with Gasteiger partial charge in [0.1, 0.15) is 12.4 Å². The van der Waals surface area contributed by atoms with Crippen LogP contribution in [0, 0.1) is 13.8 Å². The number of rotatable bonds is 7. The predicted octanol–water partition coefficient (Wildman–Crippen LogP) is 3.23. The van der Waals surface area contributed by atoms with Crippen molar-refractivity contribution in [1.29, 1.82) is 0 Å². The van der Waals surface area contributed by atoms with Crippen LogP contribution in [0.4, 0.5) is 13.2 Å². The van der Waals surface area contributed by atoms with Gasteiger partial charge in [-0.3, -0.25) is 4.79 Å². The molecular weight excluding hydrogens is 399 g/mol. The molecule has 0 aliphatic carbocycles. The summed E-state index contributed by atoms with van der Waals surface area (Å²) in [5, 5.41) is 3.52. The summed E-state index contributed by atoms with van der Waals surface area (Å²) in [4.78, 5) is 21.6. The molecule has 0 N–H and O–H groups in total. The van der Waals surface area contributed by atoms with Crippen molar-refractivity contribution in [2.45, 2.75) is 32.9 Å². The minimum Gasteiger partial charge on any atom is -0.492 e. The Morgan fingerprint density at radius 1 is 1.17 bits per heavy atom. The molecule has 0 atom stereocenters. The third-order valence-corrected chi connectivity index (χ3v) is 4.76. The van der Waals surface area contributed by atoms with Gasteiger partial charge >= 0.3 is 6.18 Å². The van der Waals surface area contributed by atoms with E-state index in [1.54, 1.807) is 25.8 Å². The molecule has 1 amide bonds. The van der Waals surface area contributed by atoms with Crippen LogP contribution >= 0.6 is 0 Å². The molecule has 30 heavy (non-hydrogen) atoms. The fourth-order valence-electron chi connectivity index (χ4n) is 3.05. The molecule has 2 heterocycles. The van der Waals surface area contributed by atoms with Crippen molar-refractivity contribution < 1.29 is 22.7 Å². The summed E-state index contributed by atoms with van der Waals surface area (Å²) in [5.74, 6) is -0.707. The highest BCUT2D eigenvalue weighted by molar-refractivity contribution is 5.76. The molecule has 0 unspecified atom stereocenters. The van der Waals surface area contributed by atoms with E-state index in [9.17, 15) is 18.0 Å². The molecule has 0 bridgehead atoms. The Morgan fingerprint density at radius 2 is 1.87 bits per heavy atom. The quantitative estimate of drug-likeness (QED) is 0.586. The number of halogens is 3. The van der Waals surface area contributed by atoms with Gasteiger partial charge in [-0.05, 0) is 38.0 Å². The van der Waals surface area contributed by atoms with Crippen LogP contribution in [-0.2, 0) is 17.4 Å². The number of aryl methyl sites for hydroxylation is 2. The van der Waals surface area contributed by atoms with E-state index in [1.807, 2.05) is 30.3 Å². The summed E-state index contributed by atoms with van der Waals surface area (Å²) in [6.07, 6.45) is -4.11. The molecule has 3 rings (SSSR count). The minimum atomic E-state index is -4.64. The molecule has 1 aromatic carbocycles. The number of benzene rings is 1. The normalized spacial score (nSPS) is 11.7. The van der Waals surface area contributed by atoms with E-state index in [4.69, 9.17) is 4.74 Å². The number of alkyl halides is 3. The number of likely N-dealkylation sites (N-methyl/N-ethyl adjacent to an activating group) is 1. The second-order valence-electron chi connectivity index (χ2n) is 6.88. The number of para-hydroxylation sites is 1. The van der Waals surface area contributed by atoms with Crippen molar-refractivity contribution in [2.24, 2.45) is 0 Å². The number of carbonyl (C=O) groups is 1. The predicted molar refractivity (Wildman–Crippen MR) is 103 cm³/mol. The molecule has 0 saturated carbocycles.